The van der Waals surface area contributed by atoms with E-state index in [1.807, 2.05) is 30.3 Å². The second kappa shape index (κ2) is 9.20. The molecule has 162 valence electrons. The van der Waals surface area contributed by atoms with E-state index < -0.39 is 0 Å². The van der Waals surface area contributed by atoms with Gasteiger partial charge in [0.15, 0.2) is 0 Å². The van der Waals surface area contributed by atoms with Crippen LogP contribution in [0.4, 0.5) is 0 Å². The van der Waals surface area contributed by atoms with Gasteiger partial charge in [0.05, 0.1) is 5.92 Å². The van der Waals surface area contributed by atoms with Gasteiger partial charge in [-0.3, -0.25) is 14.4 Å². The molecule has 2 aliphatic rings. The second-order valence-electron chi connectivity index (χ2n) is 8.29. The van der Waals surface area contributed by atoms with Crippen molar-refractivity contribution in [3.63, 3.8) is 0 Å². The smallest absolute Gasteiger partial charge is 0.253 e. The number of phenols is 1. The van der Waals surface area contributed by atoms with Gasteiger partial charge in [-0.1, -0.05) is 36.4 Å². The second-order valence-corrected chi connectivity index (χ2v) is 8.29. The molecule has 2 aromatic carbocycles. The highest BCUT2D eigenvalue weighted by molar-refractivity contribution is 5.94. The van der Waals surface area contributed by atoms with Gasteiger partial charge in [-0.15, -0.1) is 0 Å². The fourth-order valence-electron chi connectivity index (χ4n) is 4.27. The van der Waals surface area contributed by atoms with Gasteiger partial charge in [-0.05, 0) is 36.6 Å². The summed E-state index contributed by atoms with van der Waals surface area (Å²) in [5.41, 5.74) is 1.52. The van der Waals surface area contributed by atoms with Crippen molar-refractivity contribution < 1.29 is 19.5 Å². The number of nitrogens with one attached hydrogen (secondary N) is 1. The van der Waals surface area contributed by atoms with Crippen LogP contribution in [-0.4, -0.2) is 58.3 Å². The van der Waals surface area contributed by atoms with Crippen LogP contribution in [0.5, 0.6) is 5.75 Å². The Bertz CT molecular complexity index is 954. The number of rotatable bonds is 5. The predicted molar refractivity (Wildman–Crippen MR) is 115 cm³/mol. The van der Waals surface area contributed by atoms with E-state index in [1.165, 1.54) is 12.1 Å². The zero-order chi connectivity index (χ0) is 21.8. The van der Waals surface area contributed by atoms with E-state index in [0.717, 1.165) is 5.56 Å². The summed E-state index contributed by atoms with van der Waals surface area (Å²) in [4.78, 5) is 41.2. The topological polar surface area (TPSA) is 90.0 Å². The Labute approximate surface area is 181 Å². The first kappa shape index (κ1) is 20.9. The first-order chi connectivity index (χ1) is 15.0. The number of likely N-dealkylation sites (tertiary alicyclic amines) is 2. The average Bonchev–Trinajstić information content (AvgIpc) is 3.15. The van der Waals surface area contributed by atoms with E-state index in [0.29, 0.717) is 44.6 Å². The number of phenolic OH excluding ortho intramolecular Hbond substituents is 1. The third-order valence-corrected chi connectivity index (χ3v) is 6.02. The maximum Gasteiger partial charge on any atom is 0.253 e. The van der Waals surface area contributed by atoms with Crippen molar-refractivity contribution in [1.29, 1.82) is 0 Å². The highest BCUT2D eigenvalue weighted by atomic mass is 16.3. The largest absolute Gasteiger partial charge is 0.508 e. The van der Waals surface area contributed by atoms with Crippen LogP contribution in [0, 0.1) is 5.92 Å². The lowest BCUT2D eigenvalue weighted by atomic mass is 10.0. The van der Waals surface area contributed by atoms with E-state index in [4.69, 9.17) is 0 Å². The van der Waals surface area contributed by atoms with Crippen molar-refractivity contribution in [1.82, 2.24) is 15.1 Å². The number of piperidine rings is 1. The van der Waals surface area contributed by atoms with Crippen LogP contribution in [0.2, 0.25) is 0 Å². The van der Waals surface area contributed by atoms with Crippen molar-refractivity contribution in [3.8, 4) is 5.75 Å². The number of carbonyl (C=O) groups is 3. The molecular weight excluding hydrogens is 394 g/mol. The molecule has 4 rings (SSSR count). The Morgan fingerprint density at radius 2 is 1.77 bits per heavy atom. The SMILES string of the molecule is O=C(NC1CCN(C(=O)c2cccc(O)c2)CC1)C1CC(=O)N(Cc2ccccc2)C1. The zero-order valence-corrected chi connectivity index (χ0v) is 17.4. The molecule has 0 aliphatic carbocycles. The molecule has 2 saturated heterocycles. The lowest BCUT2D eigenvalue weighted by Gasteiger charge is -2.33. The van der Waals surface area contributed by atoms with Crippen LogP contribution in [0.3, 0.4) is 0 Å². The summed E-state index contributed by atoms with van der Waals surface area (Å²) in [5, 5.41) is 12.7. The lowest BCUT2D eigenvalue weighted by molar-refractivity contribution is -0.129. The summed E-state index contributed by atoms with van der Waals surface area (Å²) < 4.78 is 0. The molecule has 0 spiro atoms. The van der Waals surface area contributed by atoms with Gasteiger partial charge in [-0.25, -0.2) is 0 Å². The van der Waals surface area contributed by atoms with Crippen molar-refractivity contribution in [2.75, 3.05) is 19.6 Å². The van der Waals surface area contributed by atoms with Gasteiger partial charge in [0.1, 0.15) is 5.75 Å². The Morgan fingerprint density at radius 3 is 2.48 bits per heavy atom. The summed E-state index contributed by atoms with van der Waals surface area (Å²) in [5.74, 6) is -0.445. The van der Waals surface area contributed by atoms with Crippen molar-refractivity contribution in [2.24, 2.45) is 5.92 Å². The fourth-order valence-corrected chi connectivity index (χ4v) is 4.27. The molecular formula is C24H27N3O4. The lowest BCUT2D eigenvalue weighted by Crippen LogP contribution is -2.48. The summed E-state index contributed by atoms with van der Waals surface area (Å²) in [7, 11) is 0. The Kier molecular flexibility index (Phi) is 6.21. The summed E-state index contributed by atoms with van der Waals surface area (Å²) in [6.07, 6.45) is 1.59. The summed E-state index contributed by atoms with van der Waals surface area (Å²) in [6, 6.07) is 16.1. The molecule has 0 saturated carbocycles. The van der Waals surface area contributed by atoms with Crippen molar-refractivity contribution in [2.45, 2.75) is 31.8 Å². The molecule has 0 bridgehead atoms. The molecule has 2 N–H and O–H groups in total. The standard InChI is InChI=1S/C24H27N3O4/c28-21-8-4-7-18(13-21)24(31)26-11-9-20(10-12-26)25-23(30)19-14-22(29)27(16-19)15-17-5-2-1-3-6-17/h1-8,13,19-20,28H,9-12,14-16H2,(H,25,30). The van der Waals surface area contributed by atoms with Crippen LogP contribution < -0.4 is 5.32 Å². The van der Waals surface area contributed by atoms with Crippen molar-refractivity contribution in [3.05, 3.63) is 65.7 Å². The molecule has 3 amide bonds. The van der Waals surface area contributed by atoms with Crippen LogP contribution in [0.1, 0.15) is 35.2 Å². The van der Waals surface area contributed by atoms with E-state index >= 15 is 0 Å². The molecule has 1 atom stereocenters. The minimum Gasteiger partial charge on any atom is -0.508 e. The first-order valence-electron chi connectivity index (χ1n) is 10.7. The molecule has 2 fully saturated rings. The molecule has 31 heavy (non-hydrogen) atoms. The number of hydrogen-bond donors (Lipinski definition) is 2. The fraction of sp³-hybridized carbons (Fsp3) is 0.375. The van der Waals surface area contributed by atoms with Crippen LogP contribution in [-0.2, 0) is 16.1 Å². The van der Waals surface area contributed by atoms with Crippen LogP contribution >= 0.6 is 0 Å². The van der Waals surface area contributed by atoms with Gasteiger partial charge >= 0.3 is 0 Å². The molecule has 1 unspecified atom stereocenters. The van der Waals surface area contributed by atoms with E-state index in [1.54, 1.807) is 21.9 Å². The molecule has 7 nitrogen and oxygen atoms in total. The number of aromatic hydroxyl groups is 1. The van der Waals surface area contributed by atoms with Crippen molar-refractivity contribution >= 4 is 17.7 Å². The minimum atomic E-state index is -0.330. The Balaban J connectivity index is 1.25. The molecule has 0 aromatic heterocycles. The van der Waals surface area contributed by atoms with E-state index in [9.17, 15) is 19.5 Å². The maximum absolute atomic E-state index is 12.7. The van der Waals surface area contributed by atoms with E-state index in [2.05, 4.69) is 5.32 Å². The van der Waals surface area contributed by atoms with Gasteiger partial charge in [0.25, 0.3) is 5.91 Å². The number of benzene rings is 2. The van der Waals surface area contributed by atoms with Gasteiger partial charge < -0.3 is 20.2 Å². The van der Waals surface area contributed by atoms with E-state index in [-0.39, 0.29) is 41.9 Å². The van der Waals surface area contributed by atoms with Crippen LogP contribution in [0.25, 0.3) is 0 Å². The first-order valence-corrected chi connectivity index (χ1v) is 10.7. The summed E-state index contributed by atoms with van der Waals surface area (Å²) in [6.45, 7) is 2.06. The third-order valence-electron chi connectivity index (χ3n) is 6.02. The third kappa shape index (κ3) is 5.05. The zero-order valence-electron chi connectivity index (χ0n) is 17.4. The Hall–Kier alpha value is -3.35. The van der Waals surface area contributed by atoms with Crippen LogP contribution in [0.15, 0.2) is 54.6 Å². The summed E-state index contributed by atoms with van der Waals surface area (Å²) >= 11 is 0. The van der Waals surface area contributed by atoms with Gasteiger partial charge in [0.2, 0.25) is 11.8 Å². The average molecular weight is 421 g/mol. The van der Waals surface area contributed by atoms with Gasteiger partial charge in [-0.2, -0.15) is 0 Å². The molecule has 2 aromatic rings. The molecule has 0 radical (unpaired) electrons. The number of hydrogen-bond acceptors (Lipinski definition) is 4. The minimum absolute atomic E-state index is 0.000925. The monoisotopic (exact) mass is 421 g/mol. The maximum atomic E-state index is 12.7. The quantitative estimate of drug-likeness (QED) is 0.774. The molecule has 2 aliphatic heterocycles. The normalized spacial score (nSPS) is 19.5. The number of nitrogens with zero attached hydrogens (tertiary/aromatic N) is 2. The predicted octanol–water partition coefficient (Wildman–Crippen LogP) is 2.16. The molecule has 2 heterocycles. The number of amides is 3. The highest BCUT2D eigenvalue weighted by Crippen LogP contribution is 2.22. The highest BCUT2D eigenvalue weighted by Gasteiger charge is 2.35. The number of carbonyl (C=O) groups excluding carboxylic acids is 3. The molecule has 7 heteroatoms. The van der Waals surface area contributed by atoms with Gasteiger partial charge in [0, 0.05) is 44.2 Å². The Morgan fingerprint density at radius 1 is 1.03 bits per heavy atom.